The molecule has 1 unspecified atom stereocenters. The van der Waals surface area contributed by atoms with E-state index in [0.717, 1.165) is 38.8 Å². The van der Waals surface area contributed by atoms with Crippen LogP contribution in [0.1, 0.15) is 45.4 Å². The Kier molecular flexibility index (Phi) is 10.3. The van der Waals surface area contributed by atoms with Gasteiger partial charge in [-0.1, -0.05) is 6.42 Å². The third kappa shape index (κ3) is 6.19. The van der Waals surface area contributed by atoms with Crippen LogP contribution in [0.25, 0.3) is 0 Å². The van der Waals surface area contributed by atoms with E-state index in [1.807, 2.05) is 7.05 Å². The first kappa shape index (κ1) is 24.2. The van der Waals surface area contributed by atoms with Gasteiger partial charge < -0.3 is 19.9 Å². The summed E-state index contributed by atoms with van der Waals surface area (Å²) in [7, 11) is 4.19. The number of piperidine rings is 2. The van der Waals surface area contributed by atoms with Crippen molar-refractivity contribution in [1.82, 2.24) is 20.0 Å². The number of nitrogens with one attached hydrogen (secondary N) is 1. The zero-order valence-corrected chi connectivity index (χ0v) is 20.6. The number of halogens is 1. The molecule has 3 heterocycles. The maximum Gasteiger partial charge on any atom is 0.193 e. The van der Waals surface area contributed by atoms with E-state index < -0.39 is 0 Å². The number of hydrogen-bond donors (Lipinski definition) is 1. The van der Waals surface area contributed by atoms with Crippen molar-refractivity contribution in [2.24, 2.45) is 10.9 Å². The molecule has 0 aromatic heterocycles. The van der Waals surface area contributed by atoms with Crippen molar-refractivity contribution in [1.29, 1.82) is 0 Å². The third-order valence-corrected chi connectivity index (χ3v) is 6.88. The summed E-state index contributed by atoms with van der Waals surface area (Å²) in [6.45, 7) is 11.9. The number of aliphatic imine (C=N–C) groups is 1. The van der Waals surface area contributed by atoms with E-state index in [4.69, 9.17) is 4.74 Å². The quantitative estimate of drug-likeness (QED) is 0.340. The van der Waals surface area contributed by atoms with Crippen molar-refractivity contribution in [3.05, 3.63) is 0 Å². The molecule has 3 aliphatic rings. The van der Waals surface area contributed by atoms with Gasteiger partial charge in [0.15, 0.2) is 5.96 Å². The Morgan fingerprint density at radius 2 is 1.82 bits per heavy atom. The van der Waals surface area contributed by atoms with Gasteiger partial charge in [-0.15, -0.1) is 24.0 Å². The Morgan fingerprint density at radius 3 is 2.46 bits per heavy atom. The normalized spacial score (nSPS) is 26.9. The number of nitrogens with zero attached hydrogens (tertiary/aromatic N) is 4. The van der Waals surface area contributed by atoms with Gasteiger partial charge in [-0.2, -0.15) is 0 Å². The molecule has 3 saturated heterocycles. The van der Waals surface area contributed by atoms with E-state index in [0.29, 0.717) is 11.5 Å². The number of ether oxygens (including phenoxy) is 1. The zero-order chi connectivity index (χ0) is 19.1. The van der Waals surface area contributed by atoms with Gasteiger partial charge in [0.25, 0.3) is 0 Å². The van der Waals surface area contributed by atoms with Crippen LogP contribution < -0.4 is 5.32 Å². The van der Waals surface area contributed by atoms with Gasteiger partial charge in [0.05, 0.1) is 6.61 Å². The molecule has 3 aliphatic heterocycles. The van der Waals surface area contributed by atoms with Crippen molar-refractivity contribution in [2.45, 2.75) is 51.0 Å². The Hall–Kier alpha value is -0.120. The summed E-state index contributed by atoms with van der Waals surface area (Å²) in [6.07, 6.45) is 7.86. The van der Waals surface area contributed by atoms with E-state index in [2.05, 4.69) is 39.0 Å². The third-order valence-electron chi connectivity index (χ3n) is 6.88. The second-order valence-corrected chi connectivity index (χ2v) is 8.74. The Morgan fingerprint density at radius 1 is 1.11 bits per heavy atom. The second kappa shape index (κ2) is 11.9. The first-order chi connectivity index (χ1) is 13.2. The minimum atomic E-state index is 0. The van der Waals surface area contributed by atoms with Crippen molar-refractivity contribution in [2.75, 3.05) is 73.1 Å². The van der Waals surface area contributed by atoms with Gasteiger partial charge in [-0.3, -0.25) is 9.89 Å². The molecular weight excluding hydrogens is 465 g/mol. The van der Waals surface area contributed by atoms with E-state index in [1.54, 1.807) is 0 Å². The predicted molar refractivity (Wildman–Crippen MR) is 128 cm³/mol. The molecule has 3 rings (SSSR count). The molecule has 0 aliphatic carbocycles. The van der Waals surface area contributed by atoms with Crippen LogP contribution in [0.3, 0.4) is 0 Å². The standard InChI is InChI=1S/C21H41N5O.HI/c1-4-27-17-19-8-13-25(16-19)20(22-2)23-18-21(9-14-24(3)15-10-21)26-11-6-5-7-12-26;/h19H,4-18H2,1-3H3,(H,22,23);1H. The average molecular weight is 508 g/mol. The van der Waals surface area contributed by atoms with Crippen molar-refractivity contribution in [3.63, 3.8) is 0 Å². The van der Waals surface area contributed by atoms with Crippen LogP contribution in [-0.2, 0) is 4.74 Å². The average Bonchev–Trinajstić information content (AvgIpc) is 3.18. The fourth-order valence-corrected chi connectivity index (χ4v) is 5.03. The summed E-state index contributed by atoms with van der Waals surface area (Å²) in [4.78, 5) is 12.3. The molecule has 1 atom stereocenters. The lowest BCUT2D eigenvalue weighted by Crippen LogP contribution is -2.62. The monoisotopic (exact) mass is 507 g/mol. The summed E-state index contributed by atoms with van der Waals surface area (Å²) >= 11 is 0. The fourth-order valence-electron chi connectivity index (χ4n) is 5.03. The van der Waals surface area contributed by atoms with Crippen LogP contribution in [0.15, 0.2) is 4.99 Å². The highest BCUT2D eigenvalue weighted by molar-refractivity contribution is 14.0. The highest BCUT2D eigenvalue weighted by Gasteiger charge is 2.40. The largest absolute Gasteiger partial charge is 0.381 e. The molecule has 6 nitrogen and oxygen atoms in total. The Labute approximate surface area is 189 Å². The van der Waals surface area contributed by atoms with Gasteiger partial charge in [0.2, 0.25) is 0 Å². The summed E-state index contributed by atoms with van der Waals surface area (Å²) in [5, 5.41) is 3.79. The summed E-state index contributed by atoms with van der Waals surface area (Å²) in [5.74, 6) is 1.73. The molecule has 0 amide bonds. The smallest absolute Gasteiger partial charge is 0.193 e. The van der Waals surface area contributed by atoms with Crippen molar-refractivity contribution in [3.8, 4) is 0 Å². The van der Waals surface area contributed by atoms with Gasteiger partial charge in [0.1, 0.15) is 0 Å². The van der Waals surface area contributed by atoms with Gasteiger partial charge in [0, 0.05) is 44.7 Å². The number of rotatable bonds is 6. The van der Waals surface area contributed by atoms with Crippen molar-refractivity contribution < 1.29 is 4.74 Å². The molecule has 0 radical (unpaired) electrons. The van der Waals surface area contributed by atoms with Crippen molar-refractivity contribution >= 4 is 29.9 Å². The van der Waals surface area contributed by atoms with Crippen LogP contribution >= 0.6 is 24.0 Å². The molecule has 0 aromatic carbocycles. The highest BCUT2D eigenvalue weighted by Crippen LogP contribution is 2.31. The van der Waals surface area contributed by atoms with Crippen LogP contribution in [-0.4, -0.2) is 99.3 Å². The summed E-state index contributed by atoms with van der Waals surface area (Å²) in [5.41, 5.74) is 0.299. The molecule has 0 spiro atoms. The van der Waals surface area contributed by atoms with Crippen LogP contribution in [0.5, 0.6) is 0 Å². The molecule has 28 heavy (non-hydrogen) atoms. The maximum absolute atomic E-state index is 5.64. The molecular formula is C21H42IN5O. The van der Waals surface area contributed by atoms with E-state index in [1.165, 1.54) is 64.7 Å². The highest BCUT2D eigenvalue weighted by atomic mass is 127. The molecule has 3 fully saturated rings. The molecule has 0 bridgehead atoms. The Bertz CT molecular complexity index is 475. The van der Waals surface area contributed by atoms with Crippen LogP contribution in [0.4, 0.5) is 0 Å². The number of hydrogen-bond acceptors (Lipinski definition) is 4. The minimum Gasteiger partial charge on any atom is -0.381 e. The molecule has 0 saturated carbocycles. The molecule has 0 aromatic rings. The number of likely N-dealkylation sites (tertiary alicyclic amines) is 3. The van der Waals surface area contributed by atoms with Gasteiger partial charge >= 0.3 is 0 Å². The first-order valence-electron chi connectivity index (χ1n) is 11.1. The van der Waals surface area contributed by atoms with E-state index in [9.17, 15) is 0 Å². The summed E-state index contributed by atoms with van der Waals surface area (Å²) in [6, 6.07) is 0. The van der Waals surface area contributed by atoms with E-state index >= 15 is 0 Å². The van der Waals surface area contributed by atoms with Gasteiger partial charge in [-0.05, 0) is 72.3 Å². The maximum atomic E-state index is 5.64. The molecule has 7 heteroatoms. The minimum absolute atomic E-state index is 0. The predicted octanol–water partition coefficient (Wildman–Crippen LogP) is 2.49. The van der Waals surface area contributed by atoms with Crippen LogP contribution in [0, 0.1) is 5.92 Å². The second-order valence-electron chi connectivity index (χ2n) is 8.74. The SMILES string of the molecule is CCOCC1CCN(C(=NC)NCC2(N3CCCCC3)CCN(C)CC2)C1.I. The lowest BCUT2D eigenvalue weighted by molar-refractivity contribution is 0.0170. The topological polar surface area (TPSA) is 43.3 Å². The molecule has 1 N–H and O–H groups in total. The summed E-state index contributed by atoms with van der Waals surface area (Å²) < 4.78 is 5.64. The lowest BCUT2D eigenvalue weighted by Gasteiger charge is -2.50. The lowest BCUT2D eigenvalue weighted by atomic mass is 9.84. The zero-order valence-electron chi connectivity index (χ0n) is 18.3. The van der Waals surface area contributed by atoms with E-state index in [-0.39, 0.29) is 24.0 Å². The van der Waals surface area contributed by atoms with Gasteiger partial charge in [-0.25, -0.2) is 0 Å². The number of guanidine groups is 1. The molecule has 164 valence electrons. The first-order valence-corrected chi connectivity index (χ1v) is 11.1. The fraction of sp³-hybridized carbons (Fsp3) is 0.952. The van der Waals surface area contributed by atoms with Crippen LogP contribution in [0.2, 0.25) is 0 Å². The Balaban J connectivity index is 0.00000280.